The van der Waals surface area contributed by atoms with Crippen LogP contribution in [0.25, 0.3) is 0 Å². The first kappa shape index (κ1) is 11.6. The van der Waals surface area contributed by atoms with E-state index in [1.807, 2.05) is 24.3 Å². The predicted octanol–water partition coefficient (Wildman–Crippen LogP) is 1.84. The van der Waals surface area contributed by atoms with Crippen molar-refractivity contribution in [2.24, 2.45) is 5.16 Å². The number of aliphatic hydroxyl groups is 1. The zero-order valence-corrected chi connectivity index (χ0v) is 9.98. The maximum Gasteiger partial charge on any atom is 0.377 e. The molecule has 0 bridgehead atoms. The highest BCUT2D eigenvalue weighted by Gasteiger charge is 2.50. The van der Waals surface area contributed by atoms with Crippen molar-refractivity contribution < 1.29 is 14.7 Å². The second-order valence-corrected chi connectivity index (χ2v) is 4.26. The summed E-state index contributed by atoms with van der Waals surface area (Å²) in [7, 11) is 0. The second kappa shape index (κ2) is 4.33. The summed E-state index contributed by atoms with van der Waals surface area (Å²) in [6, 6.07) is 17.7. The van der Waals surface area contributed by atoms with Crippen LogP contribution in [0, 0.1) is 0 Å². The molecule has 0 fully saturated rings. The smallest absolute Gasteiger partial charge is 0.369 e. The molecule has 0 radical (unpaired) electrons. The molecule has 1 atom stereocenters. The summed E-state index contributed by atoms with van der Waals surface area (Å²) < 4.78 is 0. The fourth-order valence-corrected chi connectivity index (χ4v) is 2.11. The van der Waals surface area contributed by atoms with E-state index in [0.717, 1.165) is 0 Å². The van der Waals surface area contributed by atoms with Crippen LogP contribution >= 0.6 is 0 Å². The molecule has 19 heavy (non-hydrogen) atoms. The Bertz CT molecular complexity index is 637. The lowest BCUT2D eigenvalue weighted by molar-refractivity contribution is -0.154. The summed E-state index contributed by atoms with van der Waals surface area (Å²) in [5.74, 6) is -0.780. The van der Waals surface area contributed by atoms with E-state index in [1.165, 1.54) is 0 Å². The van der Waals surface area contributed by atoms with E-state index in [1.54, 1.807) is 36.4 Å². The second-order valence-electron chi connectivity index (χ2n) is 4.26. The normalized spacial score (nSPS) is 21.9. The average Bonchev–Trinajstić information content (AvgIpc) is 2.78. The van der Waals surface area contributed by atoms with E-state index in [9.17, 15) is 9.90 Å². The summed E-state index contributed by atoms with van der Waals surface area (Å²) >= 11 is 0. The van der Waals surface area contributed by atoms with Gasteiger partial charge >= 0.3 is 5.97 Å². The summed E-state index contributed by atoms with van der Waals surface area (Å²) in [6.45, 7) is 0. The fourth-order valence-electron chi connectivity index (χ4n) is 2.11. The number of hydrogen-bond donors (Lipinski definition) is 1. The van der Waals surface area contributed by atoms with Crippen molar-refractivity contribution in [1.29, 1.82) is 0 Å². The van der Waals surface area contributed by atoms with Gasteiger partial charge in [-0.15, -0.1) is 0 Å². The number of nitrogens with zero attached hydrogens (tertiary/aromatic N) is 1. The highest BCUT2D eigenvalue weighted by Crippen LogP contribution is 2.32. The summed E-state index contributed by atoms with van der Waals surface area (Å²) in [5.41, 5.74) is -0.535. The van der Waals surface area contributed by atoms with Crippen LogP contribution in [0.3, 0.4) is 0 Å². The minimum atomic E-state index is -1.84. The van der Waals surface area contributed by atoms with Gasteiger partial charge in [-0.1, -0.05) is 65.8 Å². The number of oxime groups is 1. The number of hydrogen-bond acceptors (Lipinski definition) is 4. The molecule has 0 amide bonds. The van der Waals surface area contributed by atoms with Crippen LogP contribution in [0.2, 0.25) is 0 Å². The Morgan fingerprint density at radius 1 is 0.947 bits per heavy atom. The Morgan fingerprint density at radius 2 is 1.53 bits per heavy atom. The zero-order valence-electron chi connectivity index (χ0n) is 9.98. The van der Waals surface area contributed by atoms with Gasteiger partial charge in [-0.05, 0) is 0 Å². The standard InChI is InChI=1S/C15H11NO3/c17-14-15(18,12-9-5-2-6-10-12)13(16-19-14)11-7-3-1-4-8-11/h1-10,18H. The van der Waals surface area contributed by atoms with Crippen LogP contribution in [-0.4, -0.2) is 16.8 Å². The zero-order chi connectivity index (χ0) is 13.3. The number of carbonyl (C=O) groups is 1. The molecule has 0 aliphatic carbocycles. The Labute approximate surface area is 109 Å². The van der Waals surface area contributed by atoms with Gasteiger partial charge in [0.05, 0.1) is 0 Å². The van der Waals surface area contributed by atoms with Crippen LogP contribution in [0.4, 0.5) is 0 Å². The summed E-state index contributed by atoms with van der Waals surface area (Å²) in [6.07, 6.45) is 0. The maximum atomic E-state index is 11.9. The molecule has 4 nitrogen and oxygen atoms in total. The summed E-state index contributed by atoms with van der Waals surface area (Å²) in [5, 5.41) is 14.5. The van der Waals surface area contributed by atoms with Crippen molar-refractivity contribution in [3.05, 3.63) is 71.8 Å². The third-order valence-electron chi connectivity index (χ3n) is 3.10. The molecule has 94 valence electrons. The molecule has 0 saturated heterocycles. The van der Waals surface area contributed by atoms with E-state index < -0.39 is 11.6 Å². The molecule has 1 aliphatic rings. The van der Waals surface area contributed by atoms with Gasteiger partial charge in [0.1, 0.15) is 5.71 Å². The van der Waals surface area contributed by atoms with E-state index in [-0.39, 0.29) is 5.71 Å². The third kappa shape index (κ3) is 1.73. The van der Waals surface area contributed by atoms with Crippen molar-refractivity contribution in [1.82, 2.24) is 0 Å². The Morgan fingerprint density at radius 3 is 2.16 bits per heavy atom. The third-order valence-corrected chi connectivity index (χ3v) is 3.10. The molecule has 0 spiro atoms. The molecule has 0 aromatic heterocycles. The van der Waals surface area contributed by atoms with Crippen molar-refractivity contribution in [3.63, 3.8) is 0 Å². The van der Waals surface area contributed by atoms with Gasteiger partial charge in [0.15, 0.2) is 0 Å². The minimum absolute atomic E-state index is 0.212. The van der Waals surface area contributed by atoms with Crippen LogP contribution in [-0.2, 0) is 15.2 Å². The lowest BCUT2D eigenvalue weighted by Gasteiger charge is -2.20. The lowest BCUT2D eigenvalue weighted by atomic mass is 9.86. The molecule has 1 aliphatic heterocycles. The van der Waals surface area contributed by atoms with Crippen molar-refractivity contribution in [3.8, 4) is 0 Å². The van der Waals surface area contributed by atoms with Gasteiger partial charge in [-0.2, -0.15) is 0 Å². The highest BCUT2D eigenvalue weighted by atomic mass is 16.7. The molecule has 2 aromatic carbocycles. The van der Waals surface area contributed by atoms with Crippen LogP contribution in [0.1, 0.15) is 11.1 Å². The number of carbonyl (C=O) groups excluding carboxylic acids is 1. The van der Waals surface area contributed by atoms with Gasteiger partial charge in [-0.25, -0.2) is 4.79 Å². The Balaban J connectivity index is 2.13. The fraction of sp³-hybridized carbons (Fsp3) is 0.0667. The van der Waals surface area contributed by atoms with Gasteiger partial charge in [-0.3, -0.25) is 0 Å². The molecule has 2 aromatic rings. The number of rotatable bonds is 2. The molecular weight excluding hydrogens is 242 g/mol. The SMILES string of the molecule is O=C1ON=C(c2ccccc2)C1(O)c1ccccc1. The lowest BCUT2D eigenvalue weighted by Crippen LogP contribution is -2.40. The van der Waals surface area contributed by atoms with Crippen molar-refractivity contribution in [2.75, 3.05) is 0 Å². The maximum absolute atomic E-state index is 11.9. The van der Waals surface area contributed by atoms with Crippen LogP contribution < -0.4 is 0 Å². The molecular formula is C15H11NO3. The van der Waals surface area contributed by atoms with Crippen molar-refractivity contribution >= 4 is 11.7 Å². The van der Waals surface area contributed by atoms with Gasteiger partial charge in [0.2, 0.25) is 5.60 Å². The first-order valence-electron chi connectivity index (χ1n) is 5.86. The Hall–Kier alpha value is -2.46. The molecule has 1 heterocycles. The van der Waals surface area contributed by atoms with Crippen LogP contribution in [0.5, 0.6) is 0 Å². The van der Waals surface area contributed by atoms with E-state index >= 15 is 0 Å². The van der Waals surface area contributed by atoms with E-state index in [0.29, 0.717) is 11.1 Å². The molecule has 3 rings (SSSR count). The van der Waals surface area contributed by atoms with Gasteiger partial charge < -0.3 is 9.94 Å². The quantitative estimate of drug-likeness (QED) is 0.831. The van der Waals surface area contributed by atoms with E-state index in [2.05, 4.69) is 9.99 Å². The average molecular weight is 253 g/mol. The van der Waals surface area contributed by atoms with Gasteiger partial charge in [0, 0.05) is 11.1 Å². The van der Waals surface area contributed by atoms with Gasteiger partial charge in [0.25, 0.3) is 0 Å². The highest BCUT2D eigenvalue weighted by molar-refractivity contribution is 6.20. The molecule has 0 saturated carbocycles. The van der Waals surface area contributed by atoms with Crippen LogP contribution in [0.15, 0.2) is 65.8 Å². The largest absolute Gasteiger partial charge is 0.377 e. The van der Waals surface area contributed by atoms with E-state index in [4.69, 9.17) is 0 Å². The first-order valence-corrected chi connectivity index (χ1v) is 5.86. The summed E-state index contributed by atoms with van der Waals surface area (Å²) in [4.78, 5) is 16.6. The minimum Gasteiger partial charge on any atom is -0.369 e. The monoisotopic (exact) mass is 253 g/mol. The predicted molar refractivity (Wildman–Crippen MR) is 69.4 cm³/mol. The first-order chi connectivity index (χ1) is 9.23. The van der Waals surface area contributed by atoms with Crippen molar-refractivity contribution in [2.45, 2.75) is 5.60 Å². The molecule has 1 unspecified atom stereocenters. The molecule has 1 N–H and O–H groups in total. The number of benzene rings is 2. The Kier molecular flexibility index (Phi) is 2.65. The molecule has 4 heteroatoms. The topological polar surface area (TPSA) is 58.9 Å².